The van der Waals surface area contributed by atoms with E-state index in [-0.39, 0.29) is 6.09 Å². The number of hydrogen-bond acceptors (Lipinski definition) is 4. The van der Waals surface area contributed by atoms with E-state index < -0.39 is 0 Å². The van der Waals surface area contributed by atoms with Crippen LogP contribution in [0.2, 0.25) is 0 Å². The molecular formula is C12H18IN3O3. The Hall–Kier alpha value is -0.990. The molecule has 1 amide bonds. The van der Waals surface area contributed by atoms with Gasteiger partial charge in [0, 0.05) is 7.05 Å². The van der Waals surface area contributed by atoms with Gasteiger partial charge in [0.15, 0.2) is 0 Å². The first-order valence-corrected chi connectivity index (χ1v) is 7.47. The van der Waals surface area contributed by atoms with Crippen LogP contribution < -0.4 is 4.74 Å². The van der Waals surface area contributed by atoms with E-state index in [0.29, 0.717) is 26.3 Å². The molecule has 106 valence electrons. The third kappa shape index (κ3) is 3.31. The van der Waals surface area contributed by atoms with E-state index in [1.165, 1.54) is 0 Å². The Kier molecular flexibility index (Phi) is 4.89. The number of unbranched alkanes of at least 4 members (excludes halogenated alkanes) is 1. The van der Waals surface area contributed by atoms with Crippen molar-refractivity contribution in [2.24, 2.45) is 7.05 Å². The summed E-state index contributed by atoms with van der Waals surface area (Å²) in [6.07, 6.45) is 1.64. The van der Waals surface area contributed by atoms with Crippen molar-refractivity contribution in [1.82, 2.24) is 14.7 Å². The number of hydrogen-bond donors (Lipinski definition) is 0. The standard InChI is InChI=1S/C12H18IN3O3/c1-3-4-6-19-12(17)16-5-7-18-11-9(8-16)10(13)14-15(11)2/h3-8H2,1-2H3. The van der Waals surface area contributed by atoms with Crippen LogP contribution in [0.4, 0.5) is 4.79 Å². The number of aryl methyl sites for hydroxylation is 1. The normalized spacial score (nSPS) is 14.6. The summed E-state index contributed by atoms with van der Waals surface area (Å²) >= 11 is 2.16. The summed E-state index contributed by atoms with van der Waals surface area (Å²) in [5.74, 6) is 0.744. The van der Waals surface area contributed by atoms with Gasteiger partial charge in [0.1, 0.15) is 10.3 Å². The van der Waals surface area contributed by atoms with Crippen molar-refractivity contribution >= 4 is 28.7 Å². The second-order valence-electron chi connectivity index (χ2n) is 4.44. The number of aromatic nitrogens is 2. The highest BCUT2D eigenvalue weighted by atomic mass is 127. The minimum Gasteiger partial charge on any atom is -0.476 e. The molecule has 1 aromatic rings. The Morgan fingerprint density at radius 1 is 1.58 bits per heavy atom. The minimum absolute atomic E-state index is 0.274. The van der Waals surface area contributed by atoms with E-state index in [9.17, 15) is 4.79 Å². The van der Waals surface area contributed by atoms with Gasteiger partial charge >= 0.3 is 6.09 Å². The molecule has 6 nitrogen and oxygen atoms in total. The number of amides is 1. The Balaban J connectivity index is 2.05. The van der Waals surface area contributed by atoms with Gasteiger partial charge in [-0.3, -0.25) is 0 Å². The number of halogens is 1. The van der Waals surface area contributed by atoms with E-state index in [1.54, 1.807) is 9.58 Å². The zero-order valence-electron chi connectivity index (χ0n) is 11.2. The van der Waals surface area contributed by atoms with E-state index in [4.69, 9.17) is 9.47 Å². The Bertz CT molecular complexity index is 461. The van der Waals surface area contributed by atoms with Gasteiger partial charge < -0.3 is 14.4 Å². The first-order chi connectivity index (χ1) is 9.13. The van der Waals surface area contributed by atoms with Gasteiger partial charge in [-0.2, -0.15) is 5.10 Å². The molecule has 2 heterocycles. The second kappa shape index (κ2) is 6.44. The first kappa shape index (κ1) is 14.4. The van der Waals surface area contributed by atoms with E-state index in [2.05, 4.69) is 34.6 Å². The predicted molar refractivity (Wildman–Crippen MR) is 78.1 cm³/mol. The monoisotopic (exact) mass is 379 g/mol. The fourth-order valence-corrected chi connectivity index (χ4v) is 2.63. The van der Waals surface area contributed by atoms with Crippen LogP contribution in [-0.4, -0.2) is 40.5 Å². The molecule has 0 bridgehead atoms. The lowest BCUT2D eigenvalue weighted by Gasteiger charge is -2.18. The van der Waals surface area contributed by atoms with Crippen molar-refractivity contribution in [1.29, 1.82) is 0 Å². The number of carbonyl (C=O) groups excluding carboxylic acids is 1. The molecular weight excluding hydrogens is 361 g/mol. The number of carbonyl (C=O) groups is 1. The van der Waals surface area contributed by atoms with Gasteiger partial charge in [0.2, 0.25) is 5.88 Å². The van der Waals surface area contributed by atoms with Crippen LogP contribution in [0.1, 0.15) is 25.3 Å². The quantitative estimate of drug-likeness (QED) is 0.597. The molecule has 19 heavy (non-hydrogen) atoms. The fourth-order valence-electron chi connectivity index (χ4n) is 1.91. The summed E-state index contributed by atoms with van der Waals surface area (Å²) < 4.78 is 13.5. The molecule has 7 heteroatoms. The van der Waals surface area contributed by atoms with Crippen LogP contribution in [0, 0.1) is 3.70 Å². The maximum absolute atomic E-state index is 12.0. The van der Waals surface area contributed by atoms with E-state index in [1.807, 2.05) is 7.05 Å². The lowest BCUT2D eigenvalue weighted by molar-refractivity contribution is 0.0955. The smallest absolute Gasteiger partial charge is 0.410 e. The molecule has 0 aliphatic carbocycles. The van der Waals surface area contributed by atoms with Crippen LogP contribution in [0.25, 0.3) is 0 Å². The van der Waals surface area contributed by atoms with Gasteiger partial charge in [-0.15, -0.1) is 0 Å². The highest BCUT2D eigenvalue weighted by Crippen LogP contribution is 2.27. The zero-order chi connectivity index (χ0) is 13.8. The van der Waals surface area contributed by atoms with Gasteiger partial charge in [-0.25, -0.2) is 9.48 Å². The van der Waals surface area contributed by atoms with Crippen molar-refractivity contribution in [2.45, 2.75) is 26.3 Å². The van der Waals surface area contributed by atoms with Gasteiger partial charge in [-0.05, 0) is 29.0 Å². The van der Waals surface area contributed by atoms with Gasteiger partial charge in [-0.1, -0.05) is 13.3 Å². The van der Waals surface area contributed by atoms with Crippen molar-refractivity contribution in [3.05, 3.63) is 9.26 Å². The fraction of sp³-hybridized carbons (Fsp3) is 0.667. The molecule has 0 N–H and O–H groups in total. The number of nitrogens with zero attached hydrogens (tertiary/aromatic N) is 3. The largest absolute Gasteiger partial charge is 0.476 e. The number of ether oxygens (including phenoxy) is 2. The van der Waals surface area contributed by atoms with Crippen LogP contribution in [-0.2, 0) is 18.3 Å². The lowest BCUT2D eigenvalue weighted by Crippen LogP contribution is -2.33. The number of rotatable bonds is 3. The molecule has 0 aromatic carbocycles. The maximum atomic E-state index is 12.0. The summed E-state index contributed by atoms with van der Waals surface area (Å²) in [5, 5.41) is 4.30. The molecule has 2 rings (SSSR count). The third-order valence-corrected chi connectivity index (χ3v) is 3.84. The molecule has 1 aliphatic rings. The van der Waals surface area contributed by atoms with Crippen molar-refractivity contribution in [3.8, 4) is 5.88 Å². The summed E-state index contributed by atoms with van der Waals surface area (Å²) in [7, 11) is 1.84. The summed E-state index contributed by atoms with van der Waals surface area (Å²) in [6.45, 7) is 4.04. The molecule has 0 saturated heterocycles. The Labute approximate surface area is 126 Å². The molecule has 0 saturated carbocycles. The van der Waals surface area contributed by atoms with E-state index in [0.717, 1.165) is 28.0 Å². The van der Waals surface area contributed by atoms with Crippen molar-refractivity contribution < 1.29 is 14.3 Å². The second-order valence-corrected chi connectivity index (χ2v) is 5.46. The van der Waals surface area contributed by atoms with E-state index >= 15 is 0 Å². The Morgan fingerprint density at radius 3 is 3.11 bits per heavy atom. The molecule has 0 atom stereocenters. The highest BCUT2D eigenvalue weighted by Gasteiger charge is 2.25. The van der Waals surface area contributed by atoms with Crippen LogP contribution in [0.3, 0.4) is 0 Å². The summed E-state index contributed by atoms with van der Waals surface area (Å²) in [5.41, 5.74) is 0.952. The zero-order valence-corrected chi connectivity index (χ0v) is 13.3. The average molecular weight is 379 g/mol. The minimum atomic E-state index is -0.274. The summed E-state index contributed by atoms with van der Waals surface area (Å²) in [6, 6.07) is 0. The molecule has 0 spiro atoms. The highest BCUT2D eigenvalue weighted by molar-refractivity contribution is 14.1. The molecule has 1 aromatic heterocycles. The Morgan fingerprint density at radius 2 is 2.37 bits per heavy atom. The van der Waals surface area contributed by atoms with Gasteiger partial charge in [0.05, 0.1) is 25.3 Å². The predicted octanol–water partition coefficient (Wildman–Crippen LogP) is 2.16. The molecule has 0 fully saturated rings. The van der Waals surface area contributed by atoms with Crippen molar-refractivity contribution in [2.75, 3.05) is 19.8 Å². The molecule has 1 aliphatic heterocycles. The molecule has 0 unspecified atom stereocenters. The third-order valence-electron chi connectivity index (χ3n) is 2.97. The average Bonchev–Trinajstić information content (AvgIpc) is 2.58. The SMILES string of the molecule is CCCCOC(=O)N1CCOc2c(c(I)nn2C)C1. The van der Waals surface area contributed by atoms with Crippen LogP contribution in [0.15, 0.2) is 0 Å². The van der Waals surface area contributed by atoms with Crippen LogP contribution in [0.5, 0.6) is 5.88 Å². The maximum Gasteiger partial charge on any atom is 0.410 e. The summed E-state index contributed by atoms with van der Waals surface area (Å²) in [4.78, 5) is 13.6. The molecule has 0 radical (unpaired) electrons. The van der Waals surface area contributed by atoms with Gasteiger partial charge in [0.25, 0.3) is 0 Å². The van der Waals surface area contributed by atoms with Crippen molar-refractivity contribution in [3.63, 3.8) is 0 Å². The van der Waals surface area contributed by atoms with Crippen LogP contribution >= 0.6 is 22.6 Å². The lowest BCUT2D eigenvalue weighted by atomic mass is 10.3. The topological polar surface area (TPSA) is 56.6 Å². The first-order valence-electron chi connectivity index (χ1n) is 6.39. The number of fused-ring (bicyclic) bond motifs is 1.